The maximum Gasteiger partial charge on any atom is 0.260 e. The average molecular weight is 294 g/mol. The third-order valence-corrected chi connectivity index (χ3v) is 3.45. The molecule has 0 saturated heterocycles. The number of carbonyl (C=O) groups is 1. The molecule has 0 fully saturated rings. The molecule has 1 amide bonds. The van der Waals surface area contributed by atoms with Crippen LogP contribution in [0.25, 0.3) is 0 Å². The average Bonchev–Trinajstić information content (AvgIpc) is 2.54. The van der Waals surface area contributed by atoms with Crippen molar-refractivity contribution < 1.29 is 9.53 Å². The molecule has 0 aliphatic rings. The molecule has 0 saturated carbocycles. The van der Waals surface area contributed by atoms with E-state index in [0.29, 0.717) is 17.9 Å². The Hall–Kier alpha value is -2.80. The first-order valence-corrected chi connectivity index (χ1v) is 7.02. The zero-order valence-corrected chi connectivity index (χ0v) is 12.7. The number of aryl methyl sites for hydroxylation is 1. The molecule has 2 aromatic rings. The van der Waals surface area contributed by atoms with Crippen LogP contribution in [0.1, 0.15) is 16.7 Å². The van der Waals surface area contributed by atoms with Crippen LogP contribution in [0.3, 0.4) is 0 Å². The number of nitrogens with zero attached hydrogens (tertiary/aromatic N) is 2. The van der Waals surface area contributed by atoms with Crippen molar-refractivity contribution >= 4 is 5.91 Å². The van der Waals surface area contributed by atoms with Gasteiger partial charge in [-0.2, -0.15) is 5.26 Å². The summed E-state index contributed by atoms with van der Waals surface area (Å²) in [6.45, 7) is 2.48. The van der Waals surface area contributed by atoms with Gasteiger partial charge in [0.2, 0.25) is 0 Å². The number of para-hydroxylation sites is 1. The second kappa shape index (κ2) is 7.28. The second-order valence-electron chi connectivity index (χ2n) is 5.07. The third-order valence-electron chi connectivity index (χ3n) is 3.45. The number of hydrogen-bond acceptors (Lipinski definition) is 3. The van der Waals surface area contributed by atoms with Crippen LogP contribution in [-0.2, 0) is 11.3 Å². The lowest BCUT2D eigenvalue weighted by Crippen LogP contribution is -2.31. The van der Waals surface area contributed by atoms with E-state index < -0.39 is 0 Å². The van der Waals surface area contributed by atoms with Crippen LogP contribution in [0.5, 0.6) is 5.75 Å². The molecule has 0 unspecified atom stereocenters. The molecule has 0 heterocycles. The third kappa shape index (κ3) is 3.86. The Kier molecular flexibility index (Phi) is 5.16. The minimum absolute atomic E-state index is 0.0823. The zero-order chi connectivity index (χ0) is 15.9. The molecule has 2 aromatic carbocycles. The summed E-state index contributed by atoms with van der Waals surface area (Å²) in [5.41, 5.74) is 2.69. The molecule has 2 rings (SSSR count). The fourth-order valence-electron chi connectivity index (χ4n) is 2.07. The first-order valence-electron chi connectivity index (χ1n) is 7.02. The highest BCUT2D eigenvalue weighted by Crippen LogP contribution is 2.16. The van der Waals surface area contributed by atoms with Crippen LogP contribution in [0.15, 0.2) is 48.5 Å². The summed E-state index contributed by atoms with van der Waals surface area (Å²) >= 11 is 0. The zero-order valence-electron chi connectivity index (χ0n) is 12.7. The Labute approximate surface area is 130 Å². The summed E-state index contributed by atoms with van der Waals surface area (Å²) in [5.74, 6) is 0.304. The van der Waals surface area contributed by atoms with E-state index in [-0.39, 0.29) is 12.5 Å². The van der Waals surface area contributed by atoms with Crippen molar-refractivity contribution in [2.75, 3.05) is 13.7 Å². The first-order chi connectivity index (χ1) is 10.6. The number of benzene rings is 2. The van der Waals surface area contributed by atoms with E-state index >= 15 is 0 Å². The SMILES string of the molecule is Cc1ccccc1CN(C)C(=O)COc1ccccc1C#N. The van der Waals surface area contributed by atoms with Crippen LogP contribution in [-0.4, -0.2) is 24.5 Å². The molecule has 0 atom stereocenters. The molecule has 4 nitrogen and oxygen atoms in total. The highest BCUT2D eigenvalue weighted by atomic mass is 16.5. The van der Waals surface area contributed by atoms with Crippen molar-refractivity contribution in [1.82, 2.24) is 4.90 Å². The minimum atomic E-state index is -0.129. The molecule has 0 spiro atoms. The van der Waals surface area contributed by atoms with Gasteiger partial charge in [0.25, 0.3) is 5.91 Å². The topological polar surface area (TPSA) is 53.3 Å². The molecule has 0 N–H and O–H groups in total. The Morgan fingerprint density at radius 3 is 2.59 bits per heavy atom. The molecule has 0 aromatic heterocycles. The van der Waals surface area contributed by atoms with Crippen molar-refractivity contribution in [3.05, 3.63) is 65.2 Å². The standard InChI is InChI=1S/C18H18N2O2/c1-14-7-3-4-9-16(14)12-20(2)18(21)13-22-17-10-6-5-8-15(17)11-19/h3-10H,12-13H2,1-2H3. The van der Waals surface area contributed by atoms with Gasteiger partial charge in [-0.05, 0) is 30.2 Å². The summed E-state index contributed by atoms with van der Waals surface area (Å²) in [6, 6.07) is 16.9. The quantitative estimate of drug-likeness (QED) is 0.852. The normalized spacial score (nSPS) is 9.86. The summed E-state index contributed by atoms with van der Waals surface area (Å²) in [5, 5.41) is 8.99. The number of nitriles is 1. The molecule has 4 heteroatoms. The molecule has 22 heavy (non-hydrogen) atoms. The van der Waals surface area contributed by atoms with Crippen LogP contribution >= 0.6 is 0 Å². The van der Waals surface area contributed by atoms with E-state index in [1.54, 1.807) is 36.2 Å². The maximum atomic E-state index is 12.1. The fourth-order valence-corrected chi connectivity index (χ4v) is 2.07. The summed E-state index contributed by atoms with van der Waals surface area (Å²) in [4.78, 5) is 13.8. The molecule has 0 aliphatic carbocycles. The summed E-state index contributed by atoms with van der Waals surface area (Å²) < 4.78 is 5.47. The number of rotatable bonds is 5. The van der Waals surface area contributed by atoms with Crippen LogP contribution < -0.4 is 4.74 Å². The fraction of sp³-hybridized carbons (Fsp3) is 0.222. The van der Waals surface area contributed by atoms with E-state index in [2.05, 4.69) is 0 Å². The largest absolute Gasteiger partial charge is 0.482 e. The van der Waals surface area contributed by atoms with E-state index in [0.717, 1.165) is 11.1 Å². The number of likely N-dealkylation sites (N-methyl/N-ethyl adjacent to an activating group) is 1. The predicted octanol–water partition coefficient (Wildman–Crippen LogP) is 2.90. The molecular formula is C18H18N2O2. The summed E-state index contributed by atoms with van der Waals surface area (Å²) in [7, 11) is 1.74. The highest BCUT2D eigenvalue weighted by molar-refractivity contribution is 5.77. The molecular weight excluding hydrogens is 276 g/mol. The van der Waals surface area contributed by atoms with Gasteiger partial charge in [0, 0.05) is 13.6 Å². The minimum Gasteiger partial charge on any atom is -0.482 e. The van der Waals surface area contributed by atoms with Crippen LogP contribution in [0.4, 0.5) is 0 Å². The van der Waals surface area contributed by atoms with E-state index in [9.17, 15) is 4.79 Å². The van der Waals surface area contributed by atoms with Gasteiger partial charge in [-0.25, -0.2) is 0 Å². The van der Waals surface area contributed by atoms with Crippen molar-refractivity contribution in [2.45, 2.75) is 13.5 Å². The van der Waals surface area contributed by atoms with Crippen molar-refractivity contribution in [1.29, 1.82) is 5.26 Å². The smallest absolute Gasteiger partial charge is 0.260 e. The van der Waals surface area contributed by atoms with Gasteiger partial charge in [0.15, 0.2) is 6.61 Å². The predicted molar refractivity (Wildman–Crippen MR) is 84.3 cm³/mol. The maximum absolute atomic E-state index is 12.1. The Bertz CT molecular complexity index is 704. The van der Waals surface area contributed by atoms with Gasteiger partial charge in [-0.15, -0.1) is 0 Å². The number of ether oxygens (including phenoxy) is 1. The van der Waals surface area contributed by atoms with Gasteiger partial charge >= 0.3 is 0 Å². The Morgan fingerprint density at radius 2 is 1.86 bits per heavy atom. The first kappa shape index (κ1) is 15.6. The van der Waals surface area contributed by atoms with E-state index in [4.69, 9.17) is 10.00 Å². The van der Waals surface area contributed by atoms with E-state index in [1.807, 2.05) is 37.3 Å². The Morgan fingerprint density at radius 1 is 1.18 bits per heavy atom. The van der Waals surface area contributed by atoms with Gasteiger partial charge in [-0.3, -0.25) is 4.79 Å². The van der Waals surface area contributed by atoms with Crippen LogP contribution in [0.2, 0.25) is 0 Å². The lowest BCUT2D eigenvalue weighted by atomic mass is 10.1. The molecule has 0 radical (unpaired) electrons. The van der Waals surface area contributed by atoms with Gasteiger partial charge in [0.1, 0.15) is 11.8 Å². The van der Waals surface area contributed by atoms with Crippen LogP contribution in [0, 0.1) is 18.3 Å². The monoisotopic (exact) mass is 294 g/mol. The molecule has 0 aliphatic heterocycles. The van der Waals surface area contributed by atoms with Crippen molar-refractivity contribution in [3.63, 3.8) is 0 Å². The number of hydrogen-bond donors (Lipinski definition) is 0. The van der Waals surface area contributed by atoms with Crippen molar-refractivity contribution in [3.8, 4) is 11.8 Å². The Balaban J connectivity index is 1.95. The van der Waals surface area contributed by atoms with Gasteiger partial charge in [0.05, 0.1) is 5.56 Å². The molecule has 0 bridgehead atoms. The van der Waals surface area contributed by atoms with Crippen molar-refractivity contribution in [2.24, 2.45) is 0 Å². The lowest BCUT2D eigenvalue weighted by Gasteiger charge is -2.19. The highest BCUT2D eigenvalue weighted by Gasteiger charge is 2.12. The molecule has 112 valence electrons. The van der Waals surface area contributed by atoms with E-state index in [1.165, 1.54) is 0 Å². The lowest BCUT2D eigenvalue weighted by molar-refractivity contribution is -0.132. The second-order valence-corrected chi connectivity index (χ2v) is 5.07. The number of amides is 1. The number of carbonyl (C=O) groups excluding carboxylic acids is 1. The van der Waals surface area contributed by atoms with Gasteiger partial charge < -0.3 is 9.64 Å². The summed E-state index contributed by atoms with van der Waals surface area (Å²) in [6.07, 6.45) is 0. The van der Waals surface area contributed by atoms with Gasteiger partial charge in [-0.1, -0.05) is 36.4 Å².